The lowest BCUT2D eigenvalue weighted by molar-refractivity contribution is -0.156. The first kappa shape index (κ1) is 45.5. The minimum absolute atomic E-state index is 0.0498. The average Bonchev–Trinajstić information content (AvgIpc) is 3.77. The fourth-order valence-electron chi connectivity index (χ4n) is 11.9. The van der Waals surface area contributed by atoms with Gasteiger partial charge in [0, 0.05) is 17.9 Å². The Hall–Kier alpha value is -3.48. The van der Waals surface area contributed by atoms with Crippen molar-refractivity contribution in [2.45, 2.75) is 124 Å². The number of allylic oxidation sites excluding steroid dienone is 1. The molecule has 332 valence electrons. The van der Waals surface area contributed by atoms with Crippen LogP contribution in [0.5, 0.6) is 0 Å². The van der Waals surface area contributed by atoms with Gasteiger partial charge in [-0.25, -0.2) is 14.9 Å². The van der Waals surface area contributed by atoms with E-state index in [4.69, 9.17) is 25.9 Å². The second kappa shape index (κ2) is 19.1. The molecule has 0 bridgehead atoms. The fraction of sp³-hybridized carbons (Fsp3) is 0.625. The van der Waals surface area contributed by atoms with E-state index < -0.39 is 23.7 Å². The number of rotatable bonds is 16. The van der Waals surface area contributed by atoms with Crippen molar-refractivity contribution in [3.63, 3.8) is 0 Å². The third-order valence-corrected chi connectivity index (χ3v) is 15.9. The summed E-state index contributed by atoms with van der Waals surface area (Å²) < 4.78 is 29.3. The lowest BCUT2D eigenvalue weighted by Crippen LogP contribution is -2.51. The predicted molar refractivity (Wildman–Crippen MR) is 240 cm³/mol. The van der Waals surface area contributed by atoms with Crippen molar-refractivity contribution in [3.8, 4) is 0 Å². The molecule has 3 aromatic rings. The number of hydrogen-bond donors (Lipinski definition) is 2. The maximum atomic E-state index is 15.7. The number of nitrogens with zero attached hydrogens (tertiary/aromatic N) is 2. The zero-order valence-corrected chi connectivity index (χ0v) is 38.9. The lowest BCUT2D eigenvalue weighted by atomic mass is 9.47. The molecule has 1 unspecified atom stereocenters. The highest BCUT2D eigenvalue weighted by atomic mass is 79.9. The van der Waals surface area contributed by atoms with Gasteiger partial charge < -0.3 is 19.4 Å². The standard InChI is InChI=1S/C48H63BrClFN4O6/c1-28(2)8-7-9-29(3)35-13-14-36-33-12-10-30-24-32(18-20-47(30,4)37(33)19-21-48(35,36)5)61-42(57)17-16-41(56)59-22-23-60-54-46(58)34-26-40-45(52-27-55(40)6)43(51)44(34)53-39-15-11-31(49)25-38(39)50/h10-11,15,25-29,32-33,35-37,53H,7-9,12-14,16-24H2,1-6H3,(H,54,58)/t29-,32?,33-,35+,36+,37+,47-,48+/m0/s1. The van der Waals surface area contributed by atoms with Gasteiger partial charge in [0.25, 0.3) is 5.91 Å². The number of carbonyl (C=O) groups excluding carboxylic acids is 3. The highest BCUT2D eigenvalue weighted by Gasteiger charge is 2.59. The SMILES string of the molecule is CC(C)CCC[C@H](C)[C@H]1CC[C@@H]2[C@@H]3CC=C4CC(OC(=O)CCC(=O)OCCONC(=O)c5cc6c(ncn6C)c(F)c5Nc5ccc(Br)cc5Cl)CC[C@]4(C)[C@@H]3CC[C@@]21C. The molecule has 0 saturated heterocycles. The van der Waals surface area contributed by atoms with E-state index in [1.807, 2.05) is 0 Å². The molecule has 4 aliphatic rings. The van der Waals surface area contributed by atoms with Crippen molar-refractivity contribution >= 4 is 67.8 Å². The summed E-state index contributed by atoms with van der Waals surface area (Å²) in [6.07, 6.45) is 16.8. The number of hydroxylamine groups is 1. The molecule has 61 heavy (non-hydrogen) atoms. The molecule has 1 aromatic heterocycles. The third-order valence-electron chi connectivity index (χ3n) is 15.1. The molecule has 2 N–H and O–H groups in total. The van der Waals surface area contributed by atoms with Gasteiger partial charge in [0.15, 0.2) is 5.82 Å². The van der Waals surface area contributed by atoms with Gasteiger partial charge in [0.05, 0.1) is 46.6 Å². The number of imidazole rings is 1. The van der Waals surface area contributed by atoms with Gasteiger partial charge in [-0.2, -0.15) is 0 Å². The van der Waals surface area contributed by atoms with Gasteiger partial charge in [-0.1, -0.05) is 93.1 Å². The number of esters is 2. The molecule has 2 aromatic carbocycles. The van der Waals surface area contributed by atoms with Crippen LogP contribution in [0.2, 0.25) is 5.02 Å². The number of aryl methyl sites for hydroxylation is 1. The Morgan fingerprint density at radius 3 is 2.57 bits per heavy atom. The molecule has 0 aliphatic heterocycles. The first-order chi connectivity index (χ1) is 29.1. The largest absolute Gasteiger partial charge is 0.463 e. The van der Waals surface area contributed by atoms with E-state index in [0.29, 0.717) is 27.6 Å². The fourth-order valence-corrected chi connectivity index (χ4v) is 12.6. The molecular weight excluding hydrogens is 863 g/mol. The molecule has 13 heteroatoms. The van der Waals surface area contributed by atoms with Crippen LogP contribution in [-0.4, -0.2) is 46.7 Å². The number of aromatic nitrogens is 2. The van der Waals surface area contributed by atoms with Gasteiger partial charge in [-0.3, -0.25) is 19.2 Å². The van der Waals surface area contributed by atoms with E-state index >= 15 is 4.39 Å². The van der Waals surface area contributed by atoms with Gasteiger partial charge >= 0.3 is 11.9 Å². The third kappa shape index (κ3) is 9.71. The minimum atomic E-state index is -0.736. The topological polar surface area (TPSA) is 121 Å². The predicted octanol–water partition coefficient (Wildman–Crippen LogP) is 11.8. The summed E-state index contributed by atoms with van der Waals surface area (Å²) in [6, 6.07) is 6.52. The molecule has 3 fully saturated rings. The van der Waals surface area contributed by atoms with Crippen molar-refractivity contribution in [1.29, 1.82) is 0 Å². The first-order valence-corrected chi connectivity index (χ1v) is 23.6. The molecule has 0 radical (unpaired) electrons. The maximum Gasteiger partial charge on any atom is 0.306 e. The number of carbonyl (C=O) groups is 3. The number of fused-ring (bicyclic) bond motifs is 6. The summed E-state index contributed by atoms with van der Waals surface area (Å²) >= 11 is 9.72. The Labute approximate surface area is 373 Å². The molecule has 1 heterocycles. The highest BCUT2D eigenvalue weighted by molar-refractivity contribution is 9.10. The van der Waals surface area contributed by atoms with E-state index in [1.165, 1.54) is 62.9 Å². The van der Waals surface area contributed by atoms with Crippen molar-refractivity contribution in [2.24, 2.45) is 53.4 Å². The molecular formula is C48H63BrClFN4O6. The molecule has 0 spiro atoms. The summed E-state index contributed by atoms with van der Waals surface area (Å²) in [5.41, 5.74) is 5.06. The second-order valence-corrected chi connectivity index (χ2v) is 20.6. The van der Waals surface area contributed by atoms with Crippen molar-refractivity contribution in [1.82, 2.24) is 15.0 Å². The number of halogens is 3. The maximum absolute atomic E-state index is 15.7. The molecule has 7 rings (SSSR count). The number of anilines is 2. The number of nitrogens with one attached hydrogen (secondary N) is 2. The summed E-state index contributed by atoms with van der Waals surface area (Å²) in [4.78, 5) is 48.2. The summed E-state index contributed by atoms with van der Waals surface area (Å²) in [5, 5.41) is 3.23. The van der Waals surface area contributed by atoms with Crippen LogP contribution in [0.25, 0.3) is 11.0 Å². The number of benzene rings is 2. The van der Waals surface area contributed by atoms with Crippen LogP contribution in [0.15, 0.2) is 46.7 Å². The Morgan fingerprint density at radius 2 is 1.80 bits per heavy atom. The molecule has 1 amide bonds. The van der Waals surface area contributed by atoms with Crippen LogP contribution in [0.3, 0.4) is 0 Å². The monoisotopic (exact) mass is 924 g/mol. The average molecular weight is 926 g/mol. The van der Waals surface area contributed by atoms with E-state index in [-0.39, 0.29) is 54.3 Å². The minimum Gasteiger partial charge on any atom is -0.463 e. The van der Waals surface area contributed by atoms with Crippen LogP contribution >= 0.6 is 27.5 Å². The summed E-state index contributed by atoms with van der Waals surface area (Å²) in [7, 11) is 1.69. The van der Waals surface area contributed by atoms with Crippen LogP contribution < -0.4 is 10.8 Å². The smallest absolute Gasteiger partial charge is 0.306 e. The van der Waals surface area contributed by atoms with Gasteiger partial charge in [0.2, 0.25) is 0 Å². The zero-order chi connectivity index (χ0) is 43.6. The molecule has 3 saturated carbocycles. The van der Waals surface area contributed by atoms with E-state index in [2.05, 4.69) is 72.4 Å². The first-order valence-electron chi connectivity index (χ1n) is 22.4. The highest BCUT2D eigenvalue weighted by Crippen LogP contribution is 2.67. The Bertz CT molecular complexity index is 2140. The van der Waals surface area contributed by atoms with Crippen LogP contribution in [0.1, 0.15) is 128 Å². The number of amides is 1. The Kier molecular flexibility index (Phi) is 14.3. The second-order valence-electron chi connectivity index (χ2n) is 19.2. The summed E-state index contributed by atoms with van der Waals surface area (Å²) in [6.45, 7) is 12.0. The van der Waals surface area contributed by atoms with E-state index in [0.717, 1.165) is 59.7 Å². The molecule has 8 atom stereocenters. The van der Waals surface area contributed by atoms with Crippen molar-refractivity contribution in [2.75, 3.05) is 18.5 Å². The van der Waals surface area contributed by atoms with E-state index in [9.17, 15) is 14.4 Å². The zero-order valence-electron chi connectivity index (χ0n) is 36.6. The van der Waals surface area contributed by atoms with Crippen LogP contribution in [0.4, 0.5) is 15.8 Å². The Balaban J connectivity index is 0.843. The summed E-state index contributed by atoms with van der Waals surface area (Å²) in [5.74, 6) is 2.22. The van der Waals surface area contributed by atoms with Crippen LogP contribution in [0, 0.1) is 52.2 Å². The van der Waals surface area contributed by atoms with Crippen LogP contribution in [-0.2, 0) is 30.9 Å². The van der Waals surface area contributed by atoms with Crippen molar-refractivity contribution in [3.05, 3.63) is 63.1 Å². The normalized spacial score (nSPS) is 27.4. The lowest BCUT2D eigenvalue weighted by Gasteiger charge is -2.58. The number of hydrogen-bond acceptors (Lipinski definition) is 8. The van der Waals surface area contributed by atoms with Gasteiger partial charge in [0.1, 0.15) is 24.8 Å². The van der Waals surface area contributed by atoms with Gasteiger partial charge in [-0.15, -0.1) is 0 Å². The quantitative estimate of drug-likeness (QED) is 0.0631. The van der Waals surface area contributed by atoms with Gasteiger partial charge in [-0.05, 0) is 116 Å². The molecule has 10 nitrogen and oxygen atoms in total. The van der Waals surface area contributed by atoms with E-state index in [1.54, 1.807) is 29.8 Å². The molecule has 4 aliphatic carbocycles. The van der Waals surface area contributed by atoms with Crippen molar-refractivity contribution < 1.29 is 33.1 Å². The number of ether oxygens (including phenoxy) is 2. The Morgan fingerprint density at radius 1 is 1.02 bits per heavy atom.